The quantitative estimate of drug-likeness (QED) is 0.730. The Kier molecular flexibility index (Phi) is 2.88. The second kappa shape index (κ2) is 4.69. The molecule has 0 aliphatic rings. The summed E-state index contributed by atoms with van der Waals surface area (Å²) in [6.07, 6.45) is 1.72. The van der Waals surface area contributed by atoms with Crippen molar-refractivity contribution in [1.82, 2.24) is 4.98 Å². The molecule has 0 fully saturated rings. The third-order valence-corrected chi connectivity index (χ3v) is 3.00. The van der Waals surface area contributed by atoms with Gasteiger partial charge in [0.2, 0.25) is 0 Å². The van der Waals surface area contributed by atoms with Gasteiger partial charge in [-0.15, -0.1) is 0 Å². The Morgan fingerprint density at radius 2 is 1.95 bits per heavy atom. The summed E-state index contributed by atoms with van der Waals surface area (Å²) in [6.45, 7) is 2.04. The Hall–Kier alpha value is -2.42. The van der Waals surface area contributed by atoms with Crippen LogP contribution in [0.2, 0.25) is 0 Å². The van der Waals surface area contributed by atoms with Crippen LogP contribution in [0.15, 0.2) is 54.7 Å². The van der Waals surface area contributed by atoms with E-state index < -0.39 is 0 Å². The number of pyridine rings is 1. The highest BCUT2D eigenvalue weighted by Gasteiger charge is 2.03. The van der Waals surface area contributed by atoms with Crippen LogP contribution in [0.5, 0.6) is 0 Å². The second-order valence-electron chi connectivity index (χ2n) is 4.51. The van der Waals surface area contributed by atoms with Crippen molar-refractivity contribution < 1.29 is 4.39 Å². The summed E-state index contributed by atoms with van der Waals surface area (Å²) >= 11 is 0. The first-order chi connectivity index (χ1) is 9.22. The maximum atomic E-state index is 13.4. The van der Waals surface area contributed by atoms with E-state index in [9.17, 15) is 4.39 Å². The highest BCUT2D eigenvalue weighted by atomic mass is 19.1. The number of anilines is 2. The molecule has 0 spiro atoms. The normalized spacial score (nSPS) is 10.6. The first-order valence-electron chi connectivity index (χ1n) is 6.10. The number of rotatable bonds is 2. The molecule has 0 radical (unpaired) electrons. The predicted molar refractivity (Wildman–Crippen MR) is 76.2 cm³/mol. The van der Waals surface area contributed by atoms with Crippen LogP contribution in [0.1, 0.15) is 5.56 Å². The summed E-state index contributed by atoms with van der Waals surface area (Å²) in [4.78, 5) is 4.24. The van der Waals surface area contributed by atoms with Gasteiger partial charge >= 0.3 is 0 Å². The number of nitrogens with zero attached hydrogens (tertiary/aromatic N) is 1. The van der Waals surface area contributed by atoms with Gasteiger partial charge in [0, 0.05) is 23.0 Å². The first-order valence-corrected chi connectivity index (χ1v) is 6.10. The summed E-state index contributed by atoms with van der Waals surface area (Å²) in [5.41, 5.74) is 3.79. The van der Waals surface area contributed by atoms with Gasteiger partial charge < -0.3 is 5.32 Å². The molecule has 3 rings (SSSR count). The number of aryl methyl sites for hydroxylation is 1. The second-order valence-corrected chi connectivity index (χ2v) is 4.51. The highest BCUT2D eigenvalue weighted by Crippen LogP contribution is 2.25. The molecule has 0 saturated carbocycles. The summed E-state index contributed by atoms with van der Waals surface area (Å²) in [5, 5.41) is 4.09. The predicted octanol–water partition coefficient (Wildman–Crippen LogP) is 4.43. The number of hydrogen-bond acceptors (Lipinski definition) is 2. The van der Waals surface area contributed by atoms with E-state index in [1.54, 1.807) is 12.3 Å². The lowest BCUT2D eigenvalue weighted by molar-refractivity contribution is 0.629. The number of hydrogen-bond donors (Lipinski definition) is 1. The van der Waals surface area contributed by atoms with Crippen LogP contribution in [0.3, 0.4) is 0 Å². The van der Waals surface area contributed by atoms with Crippen molar-refractivity contribution >= 4 is 22.3 Å². The molecule has 2 aromatic carbocycles. The maximum absolute atomic E-state index is 13.4. The van der Waals surface area contributed by atoms with Crippen molar-refractivity contribution in [2.75, 3.05) is 5.32 Å². The minimum atomic E-state index is -0.257. The van der Waals surface area contributed by atoms with Gasteiger partial charge in [0.15, 0.2) is 0 Å². The Labute approximate surface area is 110 Å². The summed E-state index contributed by atoms with van der Waals surface area (Å²) < 4.78 is 13.4. The zero-order valence-electron chi connectivity index (χ0n) is 10.5. The molecule has 1 heterocycles. The van der Waals surface area contributed by atoms with Gasteiger partial charge in [-0.05, 0) is 48.9 Å². The molecule has 3 aromatic rings. The van der Waals surface area contributed by atoms with Crippen LogP contribution >= 0.6 is 0 Å². The van der Waals surface area contributed by atoms with Crippen molar-refractivity contribution in [3.8, 4) is 0 Å². The third-order valence-electron chi connectivity index (χ3n) is 3.00. The maximum Gasteiger partial charge on any atom is 0.124 e. The highest BCUT2D eigenvalue weighted by molar-refractivity contribution is 5.92. The fourth-order valence-electron chi connectivity index (χ4n) is 2.11. The molecule has 0 amide bonds. The Balaban J connectivity index is 2.07. The molecule has 94 valence electrons. The smallest absolute Gasteiger partial charge is 0.124 e. The summed E-state index contributed by atoms with van der Waals surface area (Å²) in [7, 11) is 0. The van der Waals surface area contributed by atoms with E-state index in [1.807, 2.05) is 37.3 Å². The molecular formula is C16H13FN2. The van der Waals surface area contributed by atoms with Crippen molar-refractivity contribution in [3.63, 3.8) is 0 Å². The van der Waals surface area contributed by atoms with Crippen LogP contribution in [-0.4, -0.2) is 4.98 Å². The molecular weight excluding hydrogens is 239 g/mol. The fraction of sp³-hybridized carbons (Fsp3) is 0.0625. The standard InChI is InChI=1S/C16H13FN2/c1-11-3-2-4-13(9-11)19-16-7-8-18-15-6-5-12(17)10-14(15)16/h2-10H,1H3,(H,18,19). The molecule has 2 nitrogen and oxygen atoms in total. The van der Waals surface area contributed by atoms with Gasteiger partial charge in [0.25, 0.3) is 0 Å². The number of fused-ring (bicyclic) bond motifs is 1. The van der Waals surface area contributed by atoms with Crippen LogP contribution in [0.25, 0.3) is 10.9 Å². The number of benzene rings is 2. The molecule has 3 heteroatoms. The monoisotopic (exact) mass is 252 g/mol. The zero-order valence-corrected chi connectivity index (χ0v) is 10.5. The van der Waals surface area contributed by atoms with Crippen molar-refractivity contribution in [3.05, 3.63) is 66.1 Å². The van der Waals surface area contributed by atoms with Gasteiger partial charge in [-0.2, -0.15) is 0 Å². The van der Waals surface area contributed by atoms with Crippen molar-refractivity contribution in [2.24, 2.45) is 0 Å². The van der Waals surface area contributed by atoms with Gasteiger partial charge in [-0.3, -0.25) is 4.98 Å². The lowest BCUT2D eigenvalue weighted by Crippen LogP contribution is -1.93. The zero-order chi connectivity index (χ0) is 13.2. The Morgan fingerprint density at radius 1 is 1.05 bits per heavy atom. The average Bonchev–Trinajstić information content (AvgIpc) is 2.39. The number of aromatic nitrogens is 1. The molecule has 0 aliphatic carbocycles. The van der Waals surface area contributed by atoms with Gasteiger partial charge in [-0.1, -0.05) is 12.1 Å². The summed E-state index contributed by atoms with van der Waals surface area (Å²) in [6, 6.07) is 14.5. The van der Waals surface area contributed by atoms with E-state index in [4.69, 9.17) is 0 Å². The SMILES string of the molecule is Cc1cccc(Nc2ccnc3ccc(F)cc23)c1. The Bertz CT molecular complexity index is 738. The van der Waals surface area contributed by atoms with E-state index >= 15 is 0 Å². The van der Waals surface area contributed by atoms with Crippen LogP contribution in [-0.2, 0) is 0 Å². The molecule has 1 aromatic heterocycles. The number of nitrogens with one attached hydrogen (secondary N) is 1. The van der Waals surface area contributed by atoms with E-state index in [2.05, 4.69) is 10.3 Å². The van der Waals surface area contributed by atoms with Gasteiger partial charge in [0.1, 0.15) is 5.82 Å². The average molecular weight is 252 g/mol. The van der Waals surface area contributed by atoms with Crippen molar-refractivity contribution in [2.45, 2.75) is 6.92 Å². The first kappa shape index (κ1) is 11.7. The largest absolute Gasteiger partial charge is 0.355 e. The van der Waals surface area contributed by atoms with Crippen LogP contribution < -0.4 is 5.32 Å². The van der Waals surface area contributed by atoms with E-state index in [0.29, 0.717) is 0 Å². The molecule has 0 aliphatic heterocycles. The number of halogens is 1. The fourth-order valence-corrected chi connectivity index (χ4v) is 2.11. The molecule has 19 heavy (non-hydrogen) atoms. The van der Waals surface area contributed by atoms with Crippen LogP contribution in [0, 0.1) is 12.7 Å². The van der Waals surface area contributed by atoms with Gasteiger partial charge in [0.05, 0.1) is 5.52 Å². The minimum Gasteiger partial charge on any atom is -0.355 e. The molecule has 0 bridgehead atoms. The molecule has 0 unspecified atom stereocenters. The lowest BCUT2D eigenvalue weighted by atomic mass is 10.1. The lowest BCUT2D eigenvalue weighted by Gasteiger charge is -2.10. The van der Waals surface area contributed by atoms with Crippen LogP contribution in [0.4, 0.5) is 15.8 Å². The minimum absolute atomic E-state index is 0.257. The molecule has 0 saturated heterocycles. The Morgan fingerprint density at radius 3 is 2.79 bits per heavy atom. The van der Waals surface area contributed by atoms with Gasteiger partial charge in [-0.25, -0.2) is 4.39 Å². The molecule has 0 atom stereocenters. The topological polar surface area (TPSA) is 24.9 Å². The van der Waals surface area contributed by atoms with E-state index in [1.165, 1.54) is 17.7 Å². The third kappa shape index (κ3) is 2.40. The molecule has 1 N–H and O–H groups in total. The van der Waals surface area contributed by atoms with Crippen molar-refractivity contribution in [1.29, 1.82) is 0 Å². The summed E-state index contributed by atoms with van der Waals surface area (Å²) in [5.74, 6) is -0.257. The van der Waals surface area contributed by atoms with E-state index in [-0.39, 0.29) is 5.82 Å². The van der Waals surface area contributed by atoms with E-state index in [0.717, 1.165) is 22.3 Å².